The number of pyridine rings is 1. The van der Waals surface area contributed by atoms with Crippen molar-refractivity contribution in [3.8, 4) is 0 Å². The monoisotopic (exact) mass is 353 g/mol. The Kier molecular flexibility index (Phi) is 5.30. The molecule has 9 heteroatoms. The van der Waals surface area contributed by atoms with Crippen molar-refractivity contribution < 1.29 is 18.8 Å². The van der Waals surface area contributed by atoms with Gasteiger partial charge in [0.2, 0.25) is 0 Å². The summed E-state index contributed by atoms with van der Waals surface area (Å²) in [5, 5.41) is 13.3. The zero-order valence-corrected chi connectivity index (χ0v) is 13.6. The van der Waals surface area contributed by atoms with Gasteiger partial charge in [0, 0.05) is 23.7 Å². The van der Waals surface area contributed by atoms with Crippen LogP contribution in [0.25, 0.3) is 0 Å². The molecule has 0 fully saturated rings. The second kappa shape index (κ2) is 7.22. The lowest BCUT2D eigenvalue weighted by Gasteiger charge is -2.14. The van der Waals surface area contributed by atoms with E-state index in [0.717, 1.165) is 0 Å². The first-order valence-electron chi connectivity index (χ1n) is 6.76. The molecule has 0 radical (unpaired) electrons. The third-order valence-corrected chi connectivity index (χ3v) is 3.61. The molecule has 7 nitrogen and oxygen atoms in total. The Bertz CT molecular complexity index is 814. The van der Waals surface area contributed by atoms with Gasteiger partial charge in [-0.05, 0) is 6.92 Å². The van der Waals surface area contributed by atoms with Crippen molar-refractivity contribution in [1.82, 2.24) is 4.98 Å². The van der Waals surface area contributed by atoms with Crippen molar-refractivity contribution in [3.05, 3.63) is 62.2 Å². The fraction of sp³-hybridized carbons (Fsp3) is 0.200. The fourth-order valence-electron chi connectivity index (χ4n) is 2.14. The molecule has 126 valence electrons. The minimum Gasteiger partial charge on any atom is -0.464 e. The number of halogens is 2. The second-order valence-corrected chi connectivity index (χ2v) is 5.15. The van der Waals surface area contributed by atoms with Gasteiger partial charge in [0.15, 0.2) is 16.7 Å². The molecule has 0 bridgehead atoms. The first-order chi connectivity index (χ1) is 11.4. The van der Waals surface area contributed by atoms with E-state index in [0.29, 0.717) is 5.56 Å². The summed E-state index contributed by atoms with van der Waals surface area (Å²) in [6, 6.07) is 6.06. The Hall–Kier alpha value is -2.74. The largest absolute Gasteiger partial charge is 0.464 e. The molecule has 0 unspecified atom stereocenters. The lowest BCUT2D eigenvalue weighted by Crippen LogP contribution is -2.13. The standard InChI is InChI=1S/C15H13ClFN3O4/c1-8-12(11(17)14(16)19-13(8)15(21)24-2)18-7-9-5-3-4-6-10(9)20(22)23/h3-6H,7H2,1-2H3,(H,18,19). The molecule has 1 heterocycles. The van der Waals surface area contributed by atoms with Gasteiger partial charge in [-0.2, -0.15) is 0 Å². The Morgan fingerprint density at radius 3 is 2.75 bits per heavy atom. The molecule has 1 aromatic heterocycles. The average molecular weight is 354 g/mol. The first-order valence-corrected chi connectivity index (χ1v) is 7.14. The molecule has 0 spiro atoms. The van der Waals surface area contributed by atoms with Gasteiger partial charge in [0.1, 0.15) is 0 Å². The SMILES string of the molecule is COC(=O)c1nc(Cl)c(F)c(NCc2ccccc2[N+](=O)[O-])c1C. The Labute approximate surface area is 141 Å². The molecule has 0 saturated heterocycles. The highest BCUT2D eigenvalue weighted by molar-refractivity contribution is 6.30. The minimum absolute atomic E-state index is 0.0319. The van der Waals surface area contributed by atoms with Crippen molar-refractivity contribution >= 4 is 28.9 Å². The van der Waals surface area contributed by atoms with Crippen LogP contribution >= 0.6 is 11.6 Å². The number of carbonyl (C=O) groups excluding carboxylic acids is 1. The molecule has 0 aliphatic carbocycles. The number of rotatable bonds is 5. The van der Waals surface area contributed by atoms with Gasteiger partial charge in [-0.3, -0.25) is 10.1 Å². The van der Waals surface area contributed by atoms with Gasteiger partial charge in [-0.25, -0.2) is 14.2 Å². The van der Waals surface area contributed by atoms with Gasteiger partial charge in [0.25, 0.3) is 5.69 Å². The molecule has 0 amide bonds. The lowest BCUT2D eigenvalue weighted by molar-refractivity contribution is -0.385. The van der Waals surface area contributed by atoms with Crippen LogP contribution in [0.1, 0.15) is 21.6 Å². The zero-order valence-electron chi connectivity index (χ0n) is 12.8. The molecular weight excluding hydrogens is 341 g/mol. The van der Waals surface area contributed by atoms with Crippen LogP contribution in [-0.4, -0.2) is 23.0 Å². The zero-order chi connectivity index (χ0) is 17.9. The third kappa shape index (κ3) is 3.43. The molecule has 0 aliphatic rings. The number of nitro benzene ring substituents is 1. The number of hydrogen-bond donors (Lipinski definition) is 1. The van der Waals surface area contributed by atoms with E-state index in [-0.39, 0.29) is 29.2 Å². The number of ether oxygens (including phenoxy) is 1. The number of benzene rings is 1. The molecule has 0 aliphatic heterocycles. The maximum atomic E-state index is 14.2. The van der Waals surface area contributed by atoms with E-state index in [2.05, 4.69) is 15.0 Å². The molecule has 24 heavy (non-hydrogen) atoms. The van der Waals surface area contributed by atoms with Crippen LogP contribution in [0.15, 0.2) is 24.3 Å². The van der Waals surface area contributed by atoms with E-state index >= 15 is 0 Å². The topological polar surface area (TPSA) is 94.4 Å². The van der Waals surface area contributed by atoms with E-state index in [4.69, 9.17) is 11.6 Å². The number of carbonyl (C=O) groups is 1. The van der Waals surface area contributed by atoms with E-state index < -0.39 is 21.9 Å². The number of nitrogens with one attached hydrogen (secondary N) is 1. The number of nitro groups is 1. The van der Waals surface area contributed by atoms with Crippen LogP contribution in [-0.2, 0) is 11.3 Å². The summed E-state index contributed by atoms with van der Waals surface area (Å²) in [7, 11) is 1.17. The van der Waals surface area contributed by atoms with Gasteiger partial charge in [0.05, 0.1) is 17.7 Å². The summed E-state index contributed by atoms with van der Waals surface area (Å²) < 4.78 is 18.8. The lowest BCUT2D eigenvalue weighted by atomic mass is 10.1. The van der Waals surface area contributed by atoms with E-state index in [9.17, 15) is 19.3 Å². The summed E-state index contributed by atoms with van der Waals surface area (Å²) in [4.78, 5) is 25.8. The van der Waals surface area contributed by atoms with Crippen molar-refractivity contribution in [1.29, 1.82) is 0 Å². The number of methoxy groups -OCH3 is 1. The fourth-order valence-corrected chi connectivity index (χ4v) is 2.32. The number of aromatic nitrogens is 1. The van der Waals surface area contributed by atoms with Crippen LogP contribution in [0.2, 0.25) is 5.15 Å². The highest BCUT2D eigenvalue weighted by Crippen LogP contribution is 2.29. The van der Waals surface area contributed by atoms with Gasteiger partial charge < -0.3 is 10.1 Å². The molecule has 0 saturated carbocycles. The van der Waals surface area contributed by atoms with Crippen molar-refractivity contribution in [2.24, 2.45) is 0 Å². The highest BCUT2D eigenvalue weighted by Gasteiger charge is 2.22. The van der Waals surface area contributed by atoms with Gasteiger partial charge >= 0.3 is 5.97 Å². The average Bonchev–Trinajstić information content (AvgIpc) is 2.57. The molecule has 2 aromatic rings. The van der Waals surface area contributed by atoms with Crippen molar-refractivity contribution in [3.63, 3.8) is 0 Å². The Morgan fingerprint density at radius 1 is 1.46 bits per heavy atom. The van der Waals surface area contributed by atoms with Gasteiger partial charge in [-0.1, -0.05) is 29.8 Å². The third-order valence-electron chi connectivity index (χ3n) is 3.36. The Balaban J connectivity index is 2.39. The first kappa shape index (κ1) is 17.6. The number of para-hydroxylation sites is 1. The Morgan fingerprint density at radius 2 is 2.12 bits per heavy atom. The molecule has 2 rings (SSSR count). The number of anilines is 1. The molecule has 0 atom stereocenters. The van der Waals surface area contributed by atoms with Crippen LogP contribution in [0, 0.1) is 22.9 Å². The van der Waals surface area contributed by atoms with Crippen molar-refractivity contribution in [2.45, 2.75) is 13.5 Å². The second-order valence-electron chi connectivity index (χ2n) is 4.80. The summed E-state index contributed by atoms with van der Waals surface area (Å²) in [6.07, 6.45) is 0. The van der Waals surface area contributed by atoms with Crippen LogP contribution < -0.4 is 5.32 Å². The highest BCUT2D eigenvalue weighted by atomic mass is 35.5. The number of hydrogen-bond acceptors (Lipinski definition) is 6. The normalized spacial score (nSPS) is 10.3. The summed E-state index contributed by atoms with van der Waals surface area (Å²) >= 11 is 5.71. The van der Waals surface area contributed by atoms with Gasteiger partial charge in [-0.15, -0.1) is 0 Å². The number of nitrogens with zero attached hydrogens (tertiary/aromatic N) is 2. The minimum atomic E-state index is -0.847. The summed E-state index contributed by atoms with van der Waals surface area (Å²) in [5.41, 5.74) is 0.259. The summed E-state index contributed by atoms with van der Waals surface area (Å²) in [6.45, 7) is 1.44. The van der Waals surface area contributed by atoms with E-state index in [1.54, 1.807) is 12.1 Å². The predicted molar refractivity (Wildman–Crippen MR) is 85.7 cm³/mol. The van der Waals surface area contributed by atoms with Crippen LogP contribution in [0.3, 0.4) is 0 Å². The smallest absolute Gasteiger partial charge is 0.357 e. The van der Waals surface area contributed by atoms with Crippen molar-refractivity contribution in [2.75, 3.05) is 12.4 Å². The summed E-state index contributed by atoms with van der Waals surface area (Å²) in [5.74, 6) is -1.61. The molecule has 1 N–H and O–H groups in total. The maximum Gasteiger partial charge on any atom is 0.357 e. The molecule has 1 aromatic carbocycles. The van der Waals surface area contributed by atoms with E-state index in [1.165, 1.54) is 26.2 Å². The number of esters is 1. The quantitative estimate of drug-likeness (QED) is 0.382. The van der Waals surface area contributed by atoms with Crippen LogP contribution in [0.4, 0.5) is 15.8 Å². The van der Waals surface area contributed by atoms with E-state index in [1.807, 2.05) is 0 Å². The van der Waals surface area contributed by atoms with Crippen LogP contribution in [0.5, 0.6) is 0 Å². The predicted octanol–water partition coefficient (Wildman–Crippen LogP) is 3.49. The maximum absolute atomic E-state index is 14.2. The molecular formula is C15H13ClFN3O4.